The van der Waals surface area contributed by atoms with Crippen LogP contribution in [-0.2, 0) is 6.42 Å². The van der Waals surface area contributed by atoms with E-state index in [1.54, 1.807) is 7.11 Å². The molecule has 0 aliphatic carbocycles. The van der Waals surface area contributed by atoms with Crippen LogP contribution in [0, 0.1) is 0 Å². The molecule has 0 saturated heterocycles. The molecule has 0 aliphatic rings. The van der Waals surface area contributed by atoms with E-state index >= 15 is 0 Å². The Kier molecular flexibility index (Phi) is 6.57. The Morgan fingerprint density at radius 2 is 1.94 bits per heavy atom. The molecule has 0 aromatic heterocycles. The first kappa shape index (κ1) is 13.3. The van der Waals surface area contributed by atoms with Gasteiger partial charge in [0.05, 0.1) is 7.11 Å². The average Bonchev–Trinajstić information content (AvgIpc) is 2.38. The molecule has 0 bridgehead atoms. The van der Waals surface area contributed by atoms with Crippen molar-refractivity contribution in [2.45, 2.75) is 19.8 Å². The molecule has 0 spiro atoms. The van der Waals surface area contributed by atoms with Crippen molar-refractivity contribution < 1.29 is 4.74 Å². The van der Waals surface area contributed by atoms with Gasteiger partial charge in [0, 0.05) is 0 Å². The van der Waals surface area contributed by atoms with Crippen LogP contribution in [0.1, 0.15) is 18.9 Å². The van der Waals surface area contributed by atoms with Crippen molar-refractivity contribution in [3.05, 3.63) is 66.3 Å². The fraction of sp³-hybridized carbons (Fsp3) is 0.250. The van der Waals surface area contributed by atoms with E-state index in [9.17, 15) is 0 Å². The second-order valence-corrected chi connectivity index (χ2v) is 3.73. The molecule has 0 saturated carbocycles. The van der Waals surface area contributed by atoms with Crippen LogP contribution in [0.4, 0.5) is 0 Å². The maximum Gasteiger partial charge on any atom is 0.119 e. The third kappa shape index (κ3) is 5.76. The summed E-state index contributed by atoms with van der Waals surface area (Å²) in [4.78, 5) is 0. The van der Waals surface area contributed by atoms with Crippen LogP contribution in [0.25, 0.3) is 0 Å². The molecule has 90 valence electrons. The van der Waals surface area contributed by atoms with Gasteiger partial charge in [0.15, 0.2) is 0 Å². The molecular formula is C16H20O. The summed E-state index contributed by atoms with van der Waals surface area (Å²) in [6.45, 7) is 2.01. The van der Waals surface area contributed by atoms with Crippen LogP contribution >= 0.6 is 0 Å². The van der Waals surface area contributed by atoms with Crippen molar-refractivity contribution in [2.75, 3.05) is 7.11 Å². The van der Waals surface area contributed by atoms with E-state index in [0.29, 0.717) is 0 Å². The van der Waals surface area contributed by atoms with E-state index in [4.69, 9.17) is 4.74 Å². The molecule has 1 rings (SSSR count). The predicted molar refractivity (Wildman–Crippen MR) is 74.4 cm³/mol. The summed E-state index contributed by atoms with van der Waals surface area (Å²) in [6, 6.07) is 8.22. The largest absolute Gasteiger partial charge is 0.497 e. The summed E-state index contributed by atoms with van der Waals surface area (Å²) in [5.41, 5.74) is 1.31. The van der Waals surface area contributed by atoms with Crippen molar-refractivity contribution in [1.82, 2.24) is 0 Å². The molecule has 0 amide bonds. The maximum atomic E-state index is 5.19. The van der Waals surface area contributed by atoms with Crippen molar-refractivity contribution in [3.8, 4) is 5.75 Å². The van der Waals surface area contributed by atoms with Crippen molar-refractivity contribution >= 4 is 0 Å². The fourth-order valence-corrected chi connectivity index (χ4v) is 1.49. The fourth-order valence-electron chi connectivity index (χ4n) is 1.49. The molecule has 0 radical (unpaired) electrons. The number of rotatable bonds is 6. The molecule has 0 aliphatic heterocycles. The molecule has 0 atom stereocenters. The minimum Gasteiger partial charge on any atom is -0.497 e. The van der Waals surface area contributed by atoms with Gasteiger partial charge >= 0.3 is 0 Å². The van der Waals surface area contributed by atoms with Crippen LogP contribution in [-0.4, -0.2) is 7.11 Å². The van der Waals surface area contributed by atoms with E-state index in [1.807, 2.05) is 43.4 Å². The molecule has 0 heterocycles. The minimum atomic E-state index is 0.930. The Morgan fingerprint density at radius 3 is 2.71 bits per heavy atom. The highest BCUT2D eigenvalue weighted by Crippen LogP contribution is 2.13. The topological polar surface area (TPSA) is 9.23 Å². The highest BCUT2D eigenvalue weighted by molar-refractivity contribution is 5.28. The van der Waals surface area contributed by atoms with Gasteiger partial charge < -0.3 is 4.74 Å². The van der Waals surface area contributed by atoms with Crippen LogP contribution in [0.3, 0.4) is 0 Å². The Labute approximate surface area is 104 Å². The summed E-state index contributed by atoms with van der Waals surface area (Å²) in [7, 11) is 1.70. The third-order valence-electron chi connectivity index (χ3n) is 2.40. The molecule has 17 heavy (non-hydrogen) atoms. The standard InChI is InChI=1S/C16H20O/c1-3-4-5-6-7-8-9-11-15-12-10-13-16(14-15)17-2/h3-8,10,12-14H,9,11H2,1-2H3/b4-3+,6-5+,8-7-. The highest BCUT2D eigenvalue weighted by atomic mass is 16.5. The highest BCUT2D eigenvalue weighted by Gasteiger charge is 1.93. The molecule has 0 N–H and O–H groups in total. The molecule has 0 fully saturated rings. The first-order valence-electron chi connectivity index (χ1n) is 5.94. The zero-order chi connectivity index (χ0) is 12.3. The number of methoxy groups -OCH3 is 1. The average molecular weight is 228 g/mol. The van der Waals surface area contributed by atoms with Crippen LogP contribution in [0.5, 0.6) is 5.75 Å². The van der Waals surface area contributed by atoms with Gasteiger partial charge in [0.25, 0.3) is 0 Å². The molecule has 0 unspecified atom stereocenters. The molecule has 1 heteroatoms. The van der Waals surface area contributed by atoms with Crippen molar-refractivity contribution in [1.29, 1.82) is 0 Å². The van der Waals surface area contributed by atoms with Gasteiger partial charge in [-0.2, -0.15) is 0 Å². The van der Waals surface area contributed by atoms with Gasteiger partial charge in [-0.05, 0) is 37.5 Å². The zero-order valence-electron chi connectivity index (χ0n) is 10.6. The third-order valence-corrected chi connectivity index (χ3v) is 2.40. The van der Waals surface area contributed by atoms with Crippen molar-refractivity contribution in [3.63, 3.8) is 0 Å². The SMILES string of the molecule is C/C=C/C=C/C=C\CCc1cccc(OC)c1. The number of hydrogen-bond donors (Lipinski definition) is 0. The van der Waals surface area contributed by atoms with Crippen LogP contribution < -0.4 is 4.74 Å². The normalized spacial score (nSPS) is 11.9. The van der Waals surface area contributed by atoms with Gasteiger partial charge in [0.2, 0.25) is 0 Å². The quantitative estimate of drug-likeness (QED) is 0.659. The summed E-state index contributed by atoms with van der Waals surface area (Å²) in [5, 5.41) is 0. The Hall–Kier alpha value is -1.76. The van der Waals surface area contributed by atoms with E-state index in [0.717, 1.165) is 18.6 Å². The number of aryl methyl sites for hydroxylation is 1. The lowest BCUT2D eigenvalue weighted by Gasteiger charge is -2.02. The Bertz CT molecular complexity index is 400. The van der Waals surface area contributed by atoms with Gasteiger partial charge in [-0.15, -0.1) is 0 Å². The first-order valence-corrected chi connectivity index (χ1v) is 5.94. The van der Waals surface area contributed by atoms with Crippen LogP contribution in [0.2, 0.25) is 0 Å². The zero-order valence-corrected chi connectivity index (χ0v) is 10.6. The van der Waals surface area contributed by atoms with Gasteiger partial charge in [-0.25, -0.2) is 0 Å². The summed E-state index contributed by atoms with van der Waals surface area (Å²) in [6.07, 6.45) is 14.5. The van der Waals surface area contributed by atoms with E-state index < -0.39 is 0 Å². The lowest BCUT2D eigenvalue weighted by atomic mass is 10.1. The van der Waals surface area contributed by atoms with Gasteiger partial charge in [0.1, 0.15) is 5.75 Å². The maximum absolute atomic E-state index is 5.19. The second-order valence-electron chi connectivity index (χ2n) is 3.73. The van der Waals surface area contributed by atoms with E-state index in [1.165, 1.54) is 5.56 Å². The molecular weight excluding hydrogens is 208 g/mol. The van der Waals surface area contributed by atoms with E-state index in [-0.39, 0.29) is 0 Å². The molecule has 1 nitrogen and oxygen atoms in total. The van der Waals surface area contributed by atoms with Gasteiger partial charge in [-0.3, -0.25) is 0 Å². The second kappa shape index (κ2) is 8.40. The molecule has 1 aromatic rings. The lowest BCUT2D eigenvalue weighted by molar-refractivity contribution is 0.414. The Morgan fingerprint density at radius 1 is 1.12 bits per heavy atom. The van der Waals surface area contributed by atoms with Gasteiger partial charge in [-0.1, -0.05) is 48.6 Å². The Balaban J connectivity index is 2.35. The first-order chi connectivity index (χ1) is 8.36. The number of benzene rings is 1. The summed E-state index contributed by atoms with van der Waals surface area (Å²) >= 11 is 0. The van der Waals surface area contributed by atoms with Crippen LogP contribution in [0.15, 0.2) is 60.7 Å². The molecule has 1 aromatic carbocycles. The predicted octanol–water partition coefficient (Wildman–Crippen LogP) is 4.32. The summed E-state index contributed by atoms with van der Waals surface area (Å²) in [5.74, 6) is 0.930. The minimum absolute atomic E-state index is 0.930. The summed E-state index contributed by atoms with van der Waals surface area (Å²) < 4.78 is 5.19. The smallest absolute Gasteiger partial charge is 0.119 e. The van der Waals surface area contributed by atoms with Crippen molar-refractivity contribution in [2.24, 2.45) is 0 Å². The van der Waals surface area contributed by atoms with E-state index in [2.05, 4.69) is 24.3 Å². The number of ether oxygens (including phenoxy) is 1. The number of hydrogen-bond acceptors (Lipinski definition) is 1. The monoisotopic (exact) mass is 228 g/mol. The lowest BCUT2D eigenvalue weighted by Crippen LogP contribution is -1.86. The number of allylic oxidation sites excluding steroid dienone is 6.